The number of carbonyl (C=O) groups excluding carboxylic acids is 1. The molecule has 2 heterocycles. The Morgan fingerprint density at radius 1 is 1.58 bits per heavy atom. The van der Waals surface area contributed by atoms with Gasteiger partial charge in [-0.1, -0.05) is 0 Å². The summed E-state index contributed by atoms with van der Waals surface area (Å²) in [6.07, 6.45) is 7.96. The number of aromatic nitrogens is 1. The highest BCUT2D eigenvalue weighted by Crippen LogP contribution is 2.38. The molecular formula is C15H23N3O. The Balaban J connectivity index is 1.63. The second kappa shape index (κ2) is 5.00. The predicted molar refractivity (Wildman–Crippen MR) is 75.2 cm³/mol. The van der Waals surface area contributed by atoms with Gasteiger partial charge in [-0.2, -0.15) is 0 Å². The summed E-state index contributed by atoms with van der Waals surface area (Å²) in [5.74, 6) is 0.0771. The van der Waals surface area contributed by atoms with E-state index in [-0.39, 0.29) is 5.91 Å². The summed E-state index contributed by atoms with van der Waals surface area (Å²) in [6.45, 7) is 3.93. The van der Waals surface area contributed by atoms with Gasteiger partial charge < -0.3 is 15.2 Å². The van der Waals surface area contributed by atoms with Crippen LogP contribution in [-0.4, -0.2) is 28.6 Å². The Kier molecular flexibility index (Phi) is 3.35. The van der Waals surface area contributed by atoms with Crippen molar-refractivity contribution in [1.82, 2.24) is 15.2 Å². The van der Waals surface area contributed by atoms with Crippen molar-refractivity contribution >= 4 is 5.91 Å². The van der Waals surface area contributed by atoms with Crippen molar-refractivity contribution < 1.29 is 4.79 Å². The minimum absolute atomic E-state index is 0.0771. The lowest BCUT2D eigenvalue weighted by Gasteiger charge is -2.48. The van der Waals surface area contributed by atoms with Crippen molar-refractivity contribution in [3.05, 3.63) is 24.0 Å². The maximum atomic E-state index is 12.3. The summed E-state index contributed by atoms with van der Waals surface area (Å²) in [6, 6.07) is 4.17. The Bertz CT molecular complexity index is 462. The fourth-order valence-electron chi connectivity index (χ4n) is 3.42. The van der Waals surface area contributed by atoms with Crippen molar-refractivity contribution in [3.63, 3.8) is 0 Å². The monoisotopic (exact) mass is 261 g/mol. The number of nitrogens with zero attached hydrogens (tertiary/aromatic N) is 1. The third-order valence-electron chi connectivity index (χ3n) is 4.68. The van der Waals surface area contributed by atoms with E-state index in [0.717, 1.165) is 31.6 Å². The highest BCUT2D eigenvalue weighted by Gasteiger charge is 2.41. The second-order valence-electron chi connectivity index (χ2n) is 5.90. The second-order valence-corrected chi connectivity index (χ2v) is 5.90. The molecule has 0 bridgehead atoms. The Morgan fingerprint density at radius 3 is 3.11 bits per heavy atom. The van der Waals surface area contributed by atoms with Crippen molar-refractivity contribution in [1.29, 1.82) is 0 Å². The van der Waals surface area contributed by atoms with Gasteiger partial charge in [-0.25, -0.2) is 0 Å². The van der Waals surface area contributed by atoms with Crippen LogP contribution in [0.2, 0.25) is 0 Å². The third kappa shape index (κ3) is 2.41. The number of hydrogen-bond acceptors (Lipinski definition) is 2. The zero-order valence-electron chi connectivity index (χ0n) is 11.6. The standard InChI is InChI=1S/C15H23N3O/c1-2-18-10-3-5-13(18)14(19)17-12-6-9-16-15(11-12)7-4-8-15/h3,5,10,12,16H,2,4,6-9,11H2,1H3,(H,17,19). The van der Waals surface area contributed by atoms with Crippen LogP contribution in [0.1, 0.15) is 49.5 Å². The summed E-state index contributed by atoms with van der Waals surface area (Å²) in [5.41, 5.74) is 1.12. The van der Waals surface area contributed by atoms with Crippen LogP contribution in [0, 0.1) is 0 Å². The summed E-state index contributed by atoms with van der Waals surface area (Å²) < 4.78 is 2.00. The van der Waals surface area contributed by atoms with Gasteiger partial charge in [0.1, 0.15) is 5.69 Å². The van der Waals surface area contributed by atoms with Crippen LogP contribution in [0.25, 0.3) is 0 Å². The highest BCUT2D eigenvalue weighted by molar-refractivity contribution is 5.92. The first-order chi connectivity index (χ1) is 9.22. The van der Waals surface area contributed by atoms with E-state index in [2.05, 4.69) is 17.6 Å². The van der Waals surface area contributed by atoms with Crippen molar-refractivity contribution in [2.75, 3.05) is 6.54 Å². The van der Waals surface area contributed by atoms with Crippen LogP contribution in [0.3, 0.4) is 0 Å². The van der Waals surface area contributed by atoms with Crippen molar-refractivity contribution in [2.45, 2.75) is 57.2 Å². The molecule has 1 saturated heterocycles. The molecule has 1 aliphatic heterocycles. The molecule has 4 nitrogen and oxygen atoms in total. The number of nitrogens with one attached hydrogen (secondary N) is 2. The van der Waals surface area contributed by atoms with Crippen LogP contribution in [-0.2, 0) is 6.54 Å². The maximum absolute atomic E-state index is 12.3. The summed E-state index contributed by atoms with van der Waals surface area (Å²) in [4.78, 5) is 12.3. The average molecular weight is 261 g/mol. The number of carbonyl (C=O) groups is 1. The molecule has 1 spiro atoms. The van der Waals surface area contributed by atoms with E-state index in [9.17, 15) is 4.79 Å². The van der Waals surface area contributed by atoms with E-state index in [1.54, 1.807) is 0 Å². The van der Waals surface area contributed by atoms with Gasteiger partial charge in [0.2, 0.25) is 0 Å². The molecule has 1 aromatic rings. The molecule has 1 amide bonds. The summed E-state index contributed by atoms with van der Waals surface area (Å²) in [7, 11) is 0. The lowest BCUT2D eigenvalue weighted by atomic mass is 9.70. The molecular weight excluding hydrogens is 238 g/mol. The molecule has 1 aromatic heterocycles. The normalized spacial score (nSPS) is 25.0. The molecule has 1 saturated carbocycles. The fourth-order valence-corrected chi connectivity index (χ4v) is 3.42. The molecule has 1 aliphatic carbocycles. The van der Waals surface area contributed by atoms with E-state index in [0.29, 0.717) is 11.6 Å². The SMILES string of the molecule is CCn1cccc1C(=O)NC1CCNC2(CCC2)C1. The number of amides is 1. The van der Waals surface area contributed by atoms with E-state index in [4.69, 9.17) is 0 Å². The molecule has 104 valence electrons. The van der Waals surface area contributed by atoms with Crippen LogP contribution >= 0.6 is 0 Å². The zero-order valence-corrected chi connectivity index (χ0v) is 11.6. The largest absolute Gasteiger partial charge is 0.348 e. The van der Waals surface area contributed by atoms with Crippen LogP contribution in [0.4, 0.5) is 0 Å². The van der Waals surface area contributed by atoms with E-state index in [1.807, 2.05) is 22.9 Å². The van der Waals surface area contributed by atoms with Gasteiger partial charge in [-0.15, -0.1) is 0 Å². The molecule has 1 unspecified atom stereocenters. The first-order valence-corrected chi connectivity index (χ1v) is 7.43. The molecule has 3 rings (SSSR count). The van der Waals surface area contributed by atoms with E-state index >= 15 is 0 Å². The van der Waals surface area contributed by atoms with Crippen molar-refractivity contribution in [2.24, 2.45) is 0 Å². The predicted octanol–water partition coefficient (Wildman–Crippen LogP) is 1.91. The van der Waals surface area contributed by atoms with Gasteiger partial charge in [-0.05, 0) is 57.7 Å². The number of piperidine rings is 1. The topological polar surface area (TPSA) is 46.1 Å². The van der Waals surface area contributed by atoms with E-state index < -0.39 is 0 Å². The first kappa shape index (κ1) is 12.7. The highest BCUT2D eigenvalue weighted by atomic mass is 16.2. The molecule has 2 aliphatic rings. The molecule has 2 fully saturated rings. The van der Waals surface area contributed by atoms with Gasteiger partial charge >= 0.3 is 0 Å². The Morgan fingerprint density at radius 2 is 2.42 bits per heavy atom. The molecule has 0 aromatic carbocycles. The molecule has 0 radical (unpaired) electrons. The molecule has 4 heteroatoms. The maximum Gasteiger partial charge on any atom is 0.268 e. The number of aryl methyl sites for hydroxylation is 1. The molecule has 2 N–H and O–H groups in total. The minimum atomic E-state index is 0.0771. The third-order valence-corrected chi connectivity index (χ3v) is 4.68. The lowest BCUT2D eigenvalue weighted by Crippen LogP contribution is -2.59. The average Bonchev–Trinajstić information content (AvgIpc) is 2.85. The Hall–Kier alpha value is -1.29. The quantitative estimate of drug-likeness (QED) is 0.873. The first-order valence-electron chi connectivity index (χ1n) is 7.43. The number of rotatable bonds is 3. The fraction of sp³-hybridized carbons (Fsp3) is 0.667. The van der Waals surface area contributed by atoms with Gasteiger partial charge in [-0.3, -0.25) is 4.79 Å². The van der Waals surface area contributed by atoms with Gasteiger partial charge in [0.05, 0.1) is 0 Å². The van der Waals surface area contributed by atoms with Crippen LogP contribution < -0.4 is 10.6 Å². The van der Waals surface area contributed by atoms with E-state index in [1.165, 1.54) is 19.3 Å². The van der Waals surface area contributed by atoms with Gasteiger partial charge in [0.25, 0.3) is 5.91 Å². The lowest BCUT2D eigenvalue weighted by molar-refractivity contribution is 0.0845. The zero-order chi connectivity index (χ0) is 13.3. The molecule has 1 atom stereocenters. The number of hydrogen-bond donors (Lipinski definition) is 2. The Labute approximate surface area is 114 Å². The van der Waals surface area contributed by atoms with Crippen molar-refractivity contribution in [3.8, 4) is 0 Å². The molecule has 19 heavy (non-hydrogen) atoms. The minimum Gasteiger partial charge on any atom is -0.348 e. The summed E-state index contributed by atoms with van der Waals surface area (Å²) >= 11 is 0. The van der Waals surface area contributed by atoms with Crippen LogP contribution in [0.15, 0.2) is 18.3 Å². The smallest absolute Gasteiger partial charge is 0.268 e. The van der Waals surface area contributed by atoms with Crippen LogP contribution in [0.5, 0.6) is 0 Å². The summed E-state index contributed by atoms with van der Waals surface area (Å²) in [5, 5.41) is 6.86. The van der Waals surface area contributed by atoms with Gasteiger partial charge in [0.15, 0.2) is 0 Å². The van der Waals surface area contributed by atoms with Gasteiger partial charge in [0, 0.05) is 24.3 Å².